The van der Waals surface area contributed by atoms with Crippen LogP contribution in [0, 0.1) is 0 Å². The maximum absolute atomic E-state index is 12.3. The summed E-state index contributed by atoms with van der Waals surface area (Å²) in [5.41, 5.74) is 4.68. The predicted octanol–water partition coefficient (Wildman–Crippen LogP) is 5.17. The number of carbonyl (C=O) groups is 1. The molecule has 0 aliphatic heterocycles. The van der Waals surface area contributed by atoms with Crippen molar-refractivity contribution in [2.24, 2.45) is 5.16 Å². The van der Waals surface area contributed by atoms with E-state index in [1.54, 1.807) is 19.2 Å². The number of nitrogens with one attached hydrogen (secondary N) is 2. The van der Waals surface area contributed by atoms with E-state index in [9.17, 15) is 9.36 Å². The van der Waals surface area contributed by atoms with Gasteiger partial charge in [0, 0.05) is 28.3 Å². The number of carbonyl (C=O) groups excluding carboxylic acids is 1. The smallest absolute Gasteiger partial charge is 0.497 e. The summed E-state index contributed by atoms with van der Waals surface area (Å²) < 4.78 is 20.2. The summed E-state index contributed by atoms with van der Waals surface area (Å²) in [6, 6.07) is 22.7. The molecule has 0 bridgehead atoms. The third-order valence-corrected chi connectivity index (χ3v) is 5.26. The highest BCUT2D eigenvalue weighted by atomic mass is 31.2. The molecule has 0 saturated carbocycles. The molecule has 0 saturated heterocycles. The van der Waals surface area contributed by atoms with E-state index in [-0.39, 0.29) is 11.5 Å². The first-order valence-corrected chi connectivity index (χ1v) is 12.0. The van der Waals surface area contributed by atoms with Gasteiger partial charge in [-0.1, -0.05) is 17.3 Å². The Bertz CT molecular complexity index is 1340. The van der Waals surface area contributed by atoms with Gasteiger partial charge in [-0.15, -0.1) is 0 Å². The van der Waals surface area contributed by atoms with Gasteiger partial charge in [-0.05, 0) is 84.5 Å². The van der Waals surface area contributed by atoms with Crippen LogP contribution in [0.15, 0.2) is 96.2 Å². The lowest BCUT2D eigenvalue weighted by Crippen LogP contribution is -2.07. The van der Waals surface area contributed by atoms with Crippen LogP contribution >= 0.6 is 7.82 Å². The molecular formula is C25H22N3O6P. The van der Waals surface area contributed by atoms with Gasteiger partial charge < -0.3 is 15.4 Å². The summed E-state index contributed by atoms with van der Waals surface area (Å²) in [5.74, 6) is 0.546. The summed E-state index contributed by atoms with van der Waals surface area (Å²) in [7, 11) is -3.13. The topological polar surface area (TPSA) is 129 Å². The van der Waals surface area contributed by atoms with Gasteiger partial charge >= 0.3 is 7.82 Å². The van der Waals surface area contributed by atoms with Crippen molar-refractivity contribution < 1.29 is 28.5 Å². The second-order valence-electron chi connectivity index (χ2n) is 7.48. The molecule has 1 aliphatic rings. The molecule has 0 atom stereocenters. The Hall–Kier alpha value is -4.17. The standard InChI is InChI=1S/C25H22N3O6P/c1-33-23-13-10-21(11-14-23)27-20-8-6-19(7-9-20)26-18-4-2-17(3-5-18)24-16-22(12-15-25(24)29)28-34-35(30,31)32/h2-16,26-27H,1H3,(H2,30,31,32). The average Bonchev–Trinajstić information content (AvgIpc) is 2.85. The van der Waals surface area contributed by atoms with Crippen LogP contribution in [0.4, 0.5) is 22.7 Å². The van der Waals surface area contributed by atoms with Crippen molar-refractivity contribution in [3.05, 3.63) is 96.6 Å². The van der Waals surface area contributed by atoms with Gasteiger partial charge in [-0.2, -0.15) is 0 Å². The monoisotopic (exact) mass is 491 g/mol. The van der Waals surface area contributed by atoms with Crippen molar-refractivity contribution in [2.45, 2.75) is 0 Å². The maximum Gasteiger partial charge on any atom is 0.545 e. The second-order valence-corrected chi connectivity index (χ2v) is 8.62. The number of anilines is 4. The highest BCUT2D eigenvalue weighted by Crippen LogP contribution is 2.36. The Labute approximate surface area is 201 Å². The fourth-order valence-electron chi connectivity index (χ4n) is 3.28. The summed E-state index contributed by atoms with van der Waals surface area (Å²) in [6.45, 7) is 0. The number of ketones is 1. The first-order valence-electron chi connectivity index (χ1n) is 10.4. The number of benzene rings is 3. The molecule has 0 heterocycles. The van der Waals surface area contributed by atoms with E-state index >= 15 is 0 Å². The third-order valence-electron chi connectivity index (χ3n) is 4.96. The lowest BCUT2D eigenvalue weighted by Gasteiger charge is -2.12. The molecule has 0 amide bonds. The number of hydrogen-bond donors (Lipinski definition) is 4. The number of nitrogens with zero attached hydrogens (tertiary/aromatic N) is 1. The molecule has 0 unspecified atom stereocenters. The van der Waals surface area contributed by atoms with Crippen LogP contribution in [0.25, 0.3) is 5.57 Å². The van der Waals surface area contributed by atoms with E-state index in [1.807, 2.05) is 60.7 Å². The van der Waals surface area contributed by atoms with Crippen LogP contribution < -0.4 is 15.4 Å². The number of ether oxygens (including phenoxy) is 1. The quantitative estimate of drug-likeness (QED) is 0.193. The van der Waals surface area contributed by atoms with Crippen molar-refractivity contribution >= 4 is 47.6 Å². The van der Waals surface area contributed by atoms with Crippen molar-refractivity contribution in [2.75, 3.05) is 17.7 Å². The van der Waals surface area contributed by atoms with Gasteiger partial charge in [0.05, 0.1) is 7.11 Å². The lowest BCUT2D eigenvalue weighted by atomic mass is 9.96. The van der Waals surface area contributed by atoms with E-state index in [2.05, 4.69) is 20.4 Å². The summed E-state index contributed by atoms with van der Waals surface area (Å²) in [6.07, 6.45) is 4.00. The molecule has 4 rings (SSSR count). The Morgan fingerprint density at radius 2 is 1.26 bits per heavy atom. The molecule has 0 radical (unpaired) electrons. The highest BCUT2D eigenvalue weighted by molar-refractivity contribution is 7.46. The van der Waals surface area contributed by atoms with E-state index in [0.717, 1.165) is 28.5 Å². The first kappa shape index (κ1) is 24.0. The normalized spacial score (nSPS) is 14.4. The Kier molecular flexibility index (Phi) is 7.12. The van der Waals surface area contributed by atoms with E-state index in [4.69, 9.17) is 14.5 Å². The zero-order valence-electron chi connectivity index (χ0n) is 18.6. The molecule has 0 aromatic heterocycles. The predicted molar refractivity (Wildman–Crippen MR) is 135 cm³/mol. The lowest BCUT2D eigenvalue weighted by molar-refractivity contribution is -0.109. The second kappa shape index (κ2) is 10.4. The number of methoxy groups -OCH3 is 1. The molecular weight excluding hydrogens is 469 g/mol. The number of hydrogen-bond acceptors (Lipinski definition) is 7. The van der Waals surface area contributed by atoms with E-state index in [1.165, 1.54) is 18.2 Å². The fourth-order valence-corrected chi connectivity index (χ4v) is 3.48. The summed E-state index contributed by atoms with van der Waals surface area (Å²) >= 11 is 0. The van der Waals surface area contributed by atoms with Gasteiger partial charge in [0.1, 0.15) is 11.5 Å². The van der Waals surface area contributed by atoms with Crippen LogP contribution in [0.2, 0.25) is 0 Å². The number of rotatable bonds is 8. The molecule has 0 fully saturated rings. The molecule has 10 heteroatoms. The Morgan fingerprint density at radius 3 is 1.74 bits per heavy atom. The minimum Gasteiger partial charge on any atom is -0.497 e. The fraction of sp³-hybridized carbons (Fsp3) is 0.0400. The SMILES string of the molecule is COc1ccc(Nc2ccc(Nc3ccc(C4=CC(=NOP(=O)(O)O)C=CC4=O)cc3)cc2)cc1. The molecule has 4 N–H and O–H groups in total. The van der Waals surface area contributed by atoms with Crippen molar-refractivity contribution in [3.8, 4) is 5.75 Å². The van der Waals surface area contributed by atoms with Crippen LogP contribution in [0.3, 0.4) is 0 Å². The molecule has 1 aliphatic carbocycles. The van der Waals surface area contributed by atoms with E-state index in [0.29, 0.717) is 11.1 Å². The third kappa shape index (κ3) is 6.68. The largest absolute Gasteiger partial charge is 0.545 e. The van der Waals surface area contributed by atoms with Crippen molar-refractivity contribution in [1.82, 2.24) is 0 Å². The van der Waals surface area contributed by atoms with Crippen molar-refractivity contribution in [1.29, 1.82) is 0 Å². The van der Waals surface area contributed by atoms with Gasteiger partial charge in [0.2, 0.25) is 0 Å². The highest BCUT2D eigenvalue weighted by Gasteiger charge is 2.18. The maximum atomic E-state index is 12.3. The zero-order valence-corrected chi connectivity index (χ0v) is 19.5. The molecule has 178 valence electrons. The molecule has 35 heavy (non-hydrogen) atoms. The van der Waals surface area contributed by atoms with Gasteiger partial charge in [0.15, 0.2) is 5.78 Å². The van der Waals surface area contributed by atoms with Crippen molar-refractivity contribution in [3.63, 3.8) is 0 Å². The minimum absolute atomic E-state index is 0.119. The Balaban J connectivity index is 1.41. The molecule has 3 aromatic rings. The minimum atomic E-state index is -4.76. The van der Waals surface area contributed by atoms with Gasteiger partial charge in [0.25, 0.3) is 0 Å². The zero-order chi connectivity index (χ0) is 24.8. The van der Waals surface area contributed by atoms with Gasteiger partial charge in [-0.25, -0.2) is 4.57 Å². The first-order chi connectivity index (χ1) is 16.8. The number of oxime groups is 1. The summed E-state index contributed by atoms with van der Waals surface area (Å²) in [5, 5.41) is 10.0. The van der Waals surface area contributed by atoms with Crippen LogP contribution in [-0.2, 0) is 14.0 Å². The number of phosphoric acid groups is 1. The molecule has 3 aromatic carbocycles. The van der Waals surface area contributed by atoms with Crippen LogP contribution in [0.5, 0.6) is 5.75 Å². The van der Waals surface area contributed by atoms with Crippen LogP contribution in [-0.4, -0.2) is 28.4 Å². The van der Waals surface area contributed by atoms with Crippen LogP contribution in [0.1, 0.15) is 5.56 Å². The van der Waals surface area contributed by atoms with E-state index < -0.39 is 7.82 Å². The van der Waals surface area contributed by atoms with Gasteiger partial charge in [-0.3, -0.25) is 19.2 Å². The average molecular weight is 491 g/mol. The molecule has 0 spiro atoms. The molecule has 9 nitrogen and oxygen atoms in total. The summed E-state index contributed by atoms with van der Waals surface area (Å²) in [4.78, 5) is 29.9. The Morgan fingerprint density at radius 1 is 0.771 bits per heavy atom. The number of allylic oxidation sites excluding steroid dienone is 4.